The highest BCUT2D eigenvalue weighted by molar-refractivity contribution is 5.98. The van der Waals surface area contributed by atoms with Crippen LogP contribution in [-0.2, 0) is 9.53 Å². The summed E-state index contributed by atoms with van der Waals surface area (Å²) in [6.07, 6.45) is 5.03. The van der Waals surface area contributed by atoms with Gasteiger partial charge in [-0.15, -0.1) is 0 Å². The molecule has 1 unspecified atom stereocenters. The van der Waals surface area contributed by atoms with Gasteiger partial charge in [-0.1, -0.05) is 36.8 Å². The van der Waals surface area contributed by atoms with Gasteiger partial charge in [0, 0.05) is 35.5 Å². The van der Waals surface area contributed by atoms with E-state index in [2.05, 4.69) is 29.6 Å². The van der Waals surface area contributed by atoms with Crippen LogP contribution in [0.2, 0.25) is 0 Å². The molecule has 1 aliphatic heterocycles. The summed E-state index contributed by atoms with van der Waals surface area (Å²) in [5.41, 5.74) is 6.23. The lowest BCUT2D eigenvalue weighted by Crippen LogP contribution is -2.13. The number of amides is 1. The minimum atomic E-state index is -0.405. The highest BCUT2D eigenvalue weighted by Gasteiger charge is 2.19. The Hall–Kier alpha value is -3.47. The monoisotopic (exact) mass is 414 g/mol. The summed E-state index contributed by atoms with van der Waals surface area (Å²) in [6.45, 7) is 2.03. The average molecular weight is 415 g/mol. The smallest absolute Gasteiger partial charge is 0.337 e. The van der Waals surface area contributed by atoms with Crippen molar-refractivity contribution in [1.29, 1.82) is 0 Å². The molecule has 2 heterocycles. The number of esters is 1. The van der Waals surface area contributed by atoms with Crippen LogP contribution in [0.15, 0.2) is 60.8 Å². The molecule has 5 heteroatoms. The Balaban J connectivity index is 1.84. The molecule has 4 rings (SSSR count). The fourth-order valence-corrected chi connectivity index (χ4v) is 4.08. The van der Waals surface area contributed by atoms with Gasteiger partial charge in [-0.3, -0.25) is 9.78 Å². The number of carbonyl (C=O) groups excluding carboxylic acids is 2. The van der Waals surface area contributed by atoms with Crippen molar-refractivity contribution in [3.05, 3.63) is 83.2 Å². The molecule has 0 fully saturated rings. The summed E-state index contributed by atoms with van der Waals surface area (Å²) in [5.74, 6) is -0.276. The molecule has 0 saturated carbocycles. The topological polar surface area (TPSA) is 68.3 Å². The number of aryl methyl sites for hydroxylation is 1. The van der Waals surface area contributed by atoms with Crippen LogP contribution in [0.4, 0.5) is 5.69 Å². The van der Waals surface area contributed by atoms with Crippen molar-refractivity contribution in [3.8, 4) is 11.1 Å². The number of nitrogens with one attached hydrogen (secondary N) is 1. The average Bonchev–Trinajstić information content (AvgIpc) is 2.79. The van der Waals surface area contributed by atoms with E-state index in [0.29, 0.717) is 17.7 Å². The van der Waals surface area contributed by atoms with Crippen LogP contribution in [0, 0.1) is 6.92 Å². The van der Waals surface area contributed by atoms with Crippen LogP contribution in [0.25, 0.3) is 11.1 Å². The fraction of sp³-hybridized carbons (Fsp3) is 0.269. The van der Waals surface area contributed by atoms with Crippen LogP contribution in [-0.4, -0.2) is 24.0 Å². The maximum Gasteiger partial charge on any atom is 0.337 e. The third kappa shape index (κ3) is 4.66. The molecule has 0 saturated heterocycles. The predicted octanol–water partition coefficient (Wildman–Crippen LogP) is 5.49. The molecule has 1 aromatic heterocycles. The maximum absolute atomic E-state index is 12.5. The predicted molar refractivity (Wildman–Crippen MR) is 121 cm³/mol. The van der Waals surface area contributed by atoms with E-state index in [-0.39, 0.29) is 11.8 Å². The zero-order valence-electron chi connectivity index (χ0n) is 17.9. The molecule has 1 atom stereocenters. The number of fused-ring (bicyclic) bond motifs is 4. The first-order valence-corrected chi connectivity index (χ1v) is 10.6. The molecule has 3 aromatic rings. The molecule has 2 bridgehead atoms. The minimum Gasteiger partial charge on any atom is -0.465 e. The van der Waals surface area contributed by atoms with Gasteiger partial charge in [-0.2, -0.15) is 0 Å². The Morgan fingerprint density at radius 2 is 1.97 bits per heavy atom. The van der Waals surface area contributed by atoms with Crippen LogP contribution >= 0.6 is 0 Å². The van der Waals surface area contributed by atoms with Crippen LogP contribution in [0.3, 0.4) is 0 Å². The molecular formula is C26H26N2O3. The van der Waals surface area contributed by atoms with Gasteiger partial charge >= 0.3 is 5.97 Å². The summed E-state index contributed by atoms with van der Waals surface area (Å²) in [5, 5.41) is 3.02. The normalized spacial score (nSPS) is 16.3. The lowest BCUT2D eigenvalue weighted by Gasteiger charge is -2.20. The SMILES string of the molecule is COC(=O)c1ccc2c(c1)-c1cccc(c1)C(c1ccc(C)cn1)CCCCC(=O)N2. The second-order valence-corrected chi connectivity index (χ2v) is 7.98. The van der Waals surface area contributed by atoms with Crippen molar-refractivity contribution in [3.63, 3.8) is 0 Å². The molecular weight excluding hydrogens is 388 g/mol. The van der Waals surface area contributed by atoms with Crippen molar-refractivity contribution in [2.45, 2.75) is 38.5 Å². The molecule has 1 amide bonds. The van der Waals surface area contributed by atoms with Crippen LogP contribution < -0.4 is 5.32 Å². The number of anilines is 1. The number of pyridine rings is 1. The third-order valence-corrected chi connectivity index (χ3v) is 5.75. The van der Waals surface area contributed by atoms with Crippen molar-refractivity contribution in [1.82, 2.24) is 4.98 Å². The Bertz CT molecular complexity index is 1110. The third-order valence-electron chi connectivity index (χ3n) is 5.75. The highest BCUT2D eigenvalue weighted by Crippen LogP contribution is 2.35. The van der Waals surface area contributed by atoms with Gasteiger partial charge < -0.3 is 10.1 Å². The zero-order valence-corrected chi connectivity index (χ0v) is 17.9. The molecule has 0 aliphatic carbocycles. The van der Waals surface area contributed by atoms with E-state index in [1.807, 2.05) is 25.3 Å². The van der Waals surface area contributed by atoms with E-state index in [1.54, 1.807) is 18.2 Å². The summed E-state index contributed by atoms with van der Waals surface area (Å²) >= 11 is 0. The summed E-state index contributed by atoms with van der Waals surface area (Å²) in [4.78, 5) is 29.3. The second-order valence-electron chi connectivity index (χ2n) is 7.98. The lowest BCUT2D eigenvalue weighted by molar-refractivity contribution is -0.116. The molecule has 158 valence electrons. The number of benzene rings is 2. The van der Waals surface area contributed by atoms with E-state index in [0.717, 1.165) is 41.6 Å². The van der Waals surface area contributed by atoms with Gasteiger partial charge in [0.05, 0.1) is 12.7 Å². The Morgan fingerprint density at radius 3 is 2.74 bits per heavy atom. The number of aromatic nitrogens is 1. The first-order valence-electron chi connectivity index (χ1n) is 10.6. The van der Waals surface area contributed by atoms with Crippen LogP contribution in [0.5, 0.6) is 0 Å². The molecule has 1 N–H and O–H groups in total. The van der Waals surface area contributed by atoms with Crippen molar-refractivity contribution in [2.75, 3.05) is 12.4 Å². The van der Waals surface area contributed by atoms with E-state index >= 15 is 0 Å². The number of carbonyl (C=O) groups is 2. The molecule has 31 heavy (non-hydrogen) atoms. The van der Waals surface area contributed by atoms with Gasteiger partial charge in [0.2, 0.25) is 5.91 Å². The summed E-state index contributed by atoms with van der Waals surface area (Å²) in [6, 6.07) is 17.7. The fourth-order valence-electron chi connectivity index (χ4n) is 4.08. The van der Waals surface area contributed by atoms with Gasteiger partial charge in [0.25, 0.3) is 0 Å². The number of nitrogens with zero attached hydrogens (tertiary/aromatic N) is 1. The van der Waals surface area contributed by atoms with E-state index < -0.39 is 5.97 Å². The highest BCUT2D eigenvalue weighted by atomic mass is 16.5. The lowest BCUT2D eigenvalue weighted by atomic mass is 9.87. The zero-order chi connectivity index (χ0) is 21.8. The standard InChI is InChI=1S/C26H26N2O3/c1-17-10-12-23(27-16-17)21-8-3-4-9-25(29)28-24-13-11-20(26(30)31-2)15-22(24)19-7-5-6-18(21)14-19/h5-7,10-16,21H,3-4,8-9H2,1-2H3,(H,28,29). The van der Waals surface area contributed by atoms with Crippen molar-refractivity contribution < 1.29 is 14.3 Å². The van der Waals surface area contributed by atoms with E-state index in [9.17, 15) is 9.59 Å². The molecule has 0 radical (unpaired) electrons. The summed E-state index contributed by atoms with van der Waals surface area (Å²) in [7, 11) is 1.36. The number of methoxy groups -OCH3 is 1. The number of hydrogen-bond donors (Lipinski definition) is 1. The van der Waals surface area contributed by atoms with Gasteiger partial charge in [0.15, 0.2) is 0 Å². The Morgan fingerprint density at radius 1 is 1.10 bits per heavy atom. The Labute approximate surface area is 182 Å². The first-order chi connectivity index (χ1) is 15.0. The van der Waals surface area contributed by atoms with Crippen molar-refractivity contribution in [2.24, 2.45) is 0 Å². The van der Waals surface area contributed by atoms with Gasteiger partial charge in [-0.25, -0.2) is 4.79 Å². The van der Waals surface area contributed by atoms with Crippen molar-refractivity contribution >= 4 is 17.6 Å². The molecule has 2 aromatic carbocycles. The second kappa shape index (κ2) is 9.13. The summed E-state index contributed by atoms with van der Waals surface area (Å²) < 4.78 is 4.89. The Kier molecular flexibility index (Phi) is 6.12. The maximum atomic E-state index is 12.5. The molecule has 5 nitrogen and oxygen atoms in total. The van der Waals surface area contributed by atoms with Gasteiger partial charge in [-0.05, 0) is 60.7 Å². The van der Waals surface area contributed by atoms with E-state index in [4.69, 9.17) is 9.72 Å². The minimum absolute atomic E-state index is 0.0196. The number of rotatable bonds is 2. The molecule has 0 spiro atoms. The largest absolute Gasteiger partial charge is 0.465 e. The molecule has 1 aliphatic rings. The number of hydrogen-bond acceptors (Lipinski definition) is 4. The van der Waals surface area contributed by atoms with E-state index in [1.165, 1.54) is 12.7 Å². The van der Waals surface area contributed by atoms with Gasteiger partial charge in [0.1, 0.15) is 0 Å². The number of ether oxygens (including phenoxy) is 1. The quantitative estimate of drug-likeness (QED) is 0.563. The van der Waals surface area contributed by atoms with Crippen LogP contribution in [0.1, 0.15) is 58.8 Å². The first kappa shape index (κ1) is 20.8.